The molecule has 1 atom stereocenters. The molecule has 0 saturated heterocycles. The van der Waals surface area contributed by atoms with E-state index in [-0.39, 0.29) is 17.4 Å². The van der Waals surface area contributed by atoms with Crippen molar-refractivity contribution in [3.05, 3.63) is 44.0 Å². The normalized spacial score (nSPS) is 12.2. The lowest BCUT2D eigenvalue weighted by atomic mass is 10.0. The summed E-state index contributed by atoms with van der Waals surface area (Å²) < 4.78 is 0. The Morgan fingerprint density at radius 1 is 1.44 bits per heavy atom. The number of aliphatic carboxylic acids is 1. The van der Waals surface area contributed by atoms with Gasteiger partial charge in [-0.1, -0.05) is 6.92 Å². The Bertz CT molecular complexity index is 1020. The third-order valence-corrected chi connectivity index (χ3v) is 5.00. The molecule has 1 amide bonds. The Balaban J connectivity index is 1.90. The molecular formula is C15H15N5O4S. The van der Waals surface area contributed by atoms with Crippen LogP contribution in [0.1, 0.15) is 33.0 Å². The fourth-order valence-corrected chi connectivity index (χ4v) is 3.52. The lowest BCUT2D eigenvalue weighted by Crippen LogP contribution is -2.28. The molecule has 3 aromatic rings. The van der Waals surface area contributed by atoms with Crippen LogP contribution in [0.15, 0.2) is 23.1 Å². The third-order valence-electron chi connectivity index (χ3n) is 3.73. The number of carboxylic acid groups (broad SMARTS) is 1. The number of anilines is 1. The third kappa shape index (κ3) is 3.24. The minimum atomic E-state index is -1.11. The van der Waals surface area contributed by atoms with Crippen molar-refractivity contribution >= 4 is 40.2 Å². The Labute approximate surface area is 144 Å². The maximum Gasteiger partial charge on any atom is 0.322 e. The summed E-state index contributed by atoms with van der Waals surface area (Å²) in [6.45, 7) is 1.47. The quantitative estimate of drug-likeness (QED) is 0.454. The molecule has 0 fully saturated rings. The van der Waals surface area contributed by atoms with Gasteiger partial charge in [0.05, 0.1) is 10.3 Å². The van der Waals surface area contributed by atoms with E-state index in [9.17, 15) is 14.4 Å². The van der Waals surface area contributed by atoms with Crippen LogP contribution in [-0.4, -0.2) is 38.5 Å². The molecule has 3 heterocycles. The lowest BCUT2D eigenvalue weighted by Gasteiger charge is -2.07. The van der Waals surface area contributed by atoms with Crippen molar-refractivity contribution in [1.29, 1.82) is 0 Å². The molecule has 10 heteroatoms. The van der Waals surface area contributed by atoms with Crippen LogP contribution in [0.5, 0.6) is 0 Å². The molecule has 130 valence electrons. The van der Waals surface area contributed by atoms with Gasteiger partial charge in [0.15, 0.2) is 0 Å². The second kappa shape index (κ2) is 6.40. The molecule has 6 N–H and O–H groups in total. The SMILES string of the molecule is CC(c1ccc(C(=O)NCC(=O)O)s1)c1c[nH]c2nc(N)[nH]c(=O)c12. The Hall–Kier alpha value is -3.14. The first-order valence-corrected chi connectivity index (χ1v) is 8.15. The number of carboxylic acids is 1. The van der Waals surface area contributed by atoms with E-state index in [1.807, 2.05) is 6.92 Å². The number of thiophene rings is 1. The summed E-state index contributed by atoms with van der Waals surface area (Å²) in [5.74, 6) is -1.68. The van der Waals surface area contributed by atoms with Crippen molar-refractivity contribution in [2.75, 3.05) is 12.3 Å². The highest BCUT2D eigenvalue weighted by Gasteiger charge is 2.20. The highest BCUT2D eigenvalue weighted by atomic mass is 32.1. The van der Waals surface area contributed by atoms with E-state index in [0.29, 0.717) is 15.9 Å². The van der Waals surface area contributed by atoms with Crippen LogP contribution in [0.2, 0.25) is 0 Å². The maximum absolute atomic E-state index is 12.2. The molecule has 0 saturated carbocycles. The average molecular weight is 361 g/mol. The summed E-state index contributed by atoms with van der Waals surface area (Å²) in [5, 5.41) is 11.4. The number of fused-ring (bicyclic) bond motifs is 1. The minimum Gasteiger partial charge on any atom is -0.480 e. The van der Waals surface area contributed by atoms with Crippen LogP contribution in [0.4, 0.5) is 5.95 Å². The first-order chi connectivity index (χ1) is 11.9. The zero-order valence-electron chi connectivity index (χ0n) is 13.1. The molecule has 0 radical (unpaired) electrons. The van der Waals surface area contributed by atoms with E-state index in [1.165, 1.54) is 11.3 Å². The molecule has 3 rings (SSSR count). The van der Waals surface area contributed by atoms with Gasteiger partial charge in [0.1, 0.15) is 12.2 Å². The zero-order valence-corrected chi connectivity index (χ0v) is 13.9. The standard InChI is InChI=1S/C15H15N5O4S/c1-6(7-4-17-12-11(7)14(24)20-15(16)19-12)8-2-3-9(25-8)13(23)18-5-10(21)22/h2-4,6H,5H2,1H3,(H,18,23)(H,21,22)(H4,16,17,19,20,24). The van der Waals surface area contributed by atoms with Crippen LogP contribution in [0.25, 0.3) is 11.0 Å². The molecule has 25 heavy (non-hydrogen) atoms. The molecule has 0 aromatic carbocycles. The van der Waals surface area contributed by atoms with Crippen LogP contribution in [0.3, 0.4) is 0 Å². The summed E-state index contributed by atoms with van der Waals surface area (Å²) >= 11 is 1.24. The van der Waals surface area contributed by atoms with E-state index in [1.54, 1.807) is 18.3 Å². The molecule has 0 aliphatic rings. The minimum absolute atomic E-state index is 0.0343. The first-order valence-electron chi connectivity index (χ1n) is 7.33. The van der Waals surface area contributed by atoms with Gasteiger partial charge in [-0.3, -0.25) is 19.4 Å². The highest BCUT2D eigenvalue weighted by molar-refractivity contribution is 7.14. The van der Waals surface area contributed by atoms with Gasteiger partial charge in [0, 0.05) is 17.0 Å². The Kier molecular flexibility index (Phi) is 4.28. The number of nitrogens with two attached hydrogens (primary N) is 1. The molecular weight excluding hydrogens is 346 g/mol. The molecule has 0 aliphatic heterocycles. The first kappa shape index (κ1) is 16.7. The van der Waals surface area contributed by atoms with Crippen LogP contribution < -0.4 is 16.6 Å². The molecule has 3 aromatic heterocycles. The number of hydrogen-bond donors (Lipinski definition) is 5. The number of nitrogen functional groups attached to an aromatic ring is 1. The predicted molar refractivity (Wildman–Crippen MR) is 92.9 cm³/mol. The van der Waals surface area contributed by atoms with Crippen molar-refractivity contribution in [2.45, 2.75) is 12.8 Å². The van der Waals surface area contributed by atoms with Crippen LogP contribution in [0, 0.1) is 0 Å². The fourth-order valence-electron chi connectivity index (χ4n) is 2.53. The molecule has 9 nitrogen and oxygen atoms in total. The van der Waals surface area contributed by atoms with Crippen molar-refractivity contribution in [2.24, 2.45) is 0 Å². The number of carbonyl (C=O) groups is 2. The van der Waals surface area contributed by atoms with E-state index in [2.05, 4.69) is 20.3 Å². The zero-order chi connectivity index (χ0) is 18.1. The average Bonchev–Trinajstić information content (AvgIpc) is 3.18. The van der Waals surface area contributed by atoms with Crippen molar-refractivity contribution in [1.82, 2.24) is 20.3 Å². The summed E-state index contributed by atoms with van der Waals surface area (Å²) in [4.78, 5) is 45.3. The highest BCUT2D eigenvalue weighted by Crippen LogP contribution is 2.32. The maximum atomic E-state index is 12.2. The second-order valence-corrected chi connectivity index (χ2v) is 6.53. The van der Waals surface area contributed by atoms with Gasteiger partial charge in [-0.15, -0.1) is 11.3 Å². The van der Waals surface area contributed by atoms with Crippen LogP contribution >= 0.6 is 11.3 Å². The number of carbonyl (C=O) groups excluding carboxylic acids is 1. The Morgan fingerprint density at radius 2 is 2.20 bits per heavy atom. The van der Waals surface area contributed by atoms with Crippen LogP contribution in [-0.2, 0) is 4.79 Å². The van der Waals surface area contributed by atoms with E-state index >= 15 is 0 Å². The largest absolute Gasteiger partial charge is 0.480 e. The number of nitrogens with zero attached hydrogens (tertiary/aromatic N) is 1. The summed E-state index contributed by atoms with van der Waals surface area (Å²) in [6.07, 6.45) is 1.70. The number of H-pyrrole nitrogens is 2. The van der Waals surface area contributed by atoms with Gasteiger partial charge in [-0.2, -0.15) is 4.98 Å². The van der Waals surface area contributed by atoms with E-state index < -0.39 is 18.4 Å². The van der Waals surface area contributed by atoms with E-state index in [4.69, 9.17) is 10.8 Å². The molecule has 0 spiro atoms. The number of rotatable bonds is 5. The lowest BCUT2D eigenvalue weighted by molar-refractivity contribution is -0.135. The van der Waals surface area contributed by atoms with Crippen molar-refractivity contribution in [3.63, 3.8) is 0 Å². The van der Waals surface area contributed by atoms with Crippen molar-refractivity contribution in [3.8, 4) is 0 Å². The summed E-state index contributed by atoms with van der Waals surface area (Å²) in [7, 11) is 0. The number of aromatic nitrogens is 3. The summed E-state index contributed by atoms with van der Waals surface area (Å²) in [5.41, 5.74) is 6.35. The van der Waals surface area contributed by atoms with Gasteiger partial charge in [0.25, 0.3) is 11.5 Å². The number of nitrogens with one attached hydrogen (secondary N) is 3. The topological polar surface area (TPSA) is 154 Å². The summed E-state index contributed by atoms with van der Waals surface area (Å²) in [6, 6.07) is 3.41. The smallest absolute Gasteiger partial charge is 0.322 e. The van der Waals surface area contributed by atoms with E-state index in [0.717, 1.165) is 10.4 Å². The molecule has 1 unspecified atom stereocenters. The fraction of sp³-hybridized carbons (Fsp3) is 0.200. The Morgan fingerprint density at radius 3 is 2.92 bits per heavy atom. The second-order valence-electron chi connectivity index (χ2n) is 5.42. The van der Waals surface area contributed by atoms with Gasteiger partial charge in [-0.25, -0.2) is 0 Å². The number of aromatic amines is 2. The molecule has 0 aliphatic carbocycles. The van der Waals surface area contributed by atoms with Gasteiger partial charge in [-0.05, 0) is 17.7 Å². The van der Waals surface area contributed by atoms with Gasteiger partial charge < -0.3 is 21.1 Å². The molecule has 0 bridgehead atoms. The number of amides is 1. The number of hydrogen-bond acceptors (Lipinski definition) is 6. The predicted octanol–water partition coefficient (Wildman–Crippen LogP) is 0.861. The van der Waals surface area contributed by atoms with Crippen molar-refractivity contribution < 1.29 is 14.7 Å². The van der Waals surface area contributed by atoms with Gasteiger partial charge >= 0.3 is 5.97 Å². The van der Waals surface area contributed by atoms with Gasteiger partial charge in [0.2, 0.25) is 5.95 Å². The monoisotopic (exact) mass is 361 g/mol.